The molecule has 2 aromatic heterocycles. The van der Waals surface area contributed by atoms with Crippen LogP contribution in [0.25, 0.3) is 0 Å². The van der Waals surface area contributed by atoms with Crippen molar-refractivity contribution < 1.29 is 9.90 Å². The van der Waals surface area contributed by atoms with Crippen LogP contribution in [0.3, 0.4) is 0 Å². The third kappa shape index (κ3) is 2.88. The first kappa shape index (κ1) is 14.7. The third-order valence-corrected chi connectivity index (χ3v) is 4.16. The minimum Gasteiger partial charge on any atom is -0.390 e. The van der Waals surface area contributed by atoms with E-state index in [1.54, 1.807) is 6.07 Å². The van der Waals surface area contributed by atoms with Crippen molar-refractivity contribution in [3.05, 3.63) is 35.4 Å². The lowest BCUT2D eigenvalue weighted by Gasteiger charge is -2.16. The van der Waals surface area contributed by atoms with Gasteiger partial charge in [-0.05, 0) is 13.0 Å². The Balaban J connectivity index is 1.60. The Morgan fingerprint density at radius 3 is 3.00 bits per heavy atom. The SMILES string of the molecule is Cc1c(CN2C[C@@H](O)[C@H](NC(=O)c3ccn[nH]3)C2)cnn1C. The Morgan fingerprint density at radius 1 is 1.55 bits per heavy atom. The van der Waals surface area contributed by atoms with E-state index in [1.165, 1.54) is 6.20 Å². The standard InChI is InChI=1S/C14H20N6O2/c1-9-10(5-16-19(9)2)6-20-7-12(13(21)8-20)17-14(22)11-3-4-15-18-11/h3-5,12-13,21H,6-8H2,1-2H3,(H,15,18)(H,17,22)/t12-,13-/m1/s1. The van der Waals surface area contributed by atoms with Crippen molar-refractivity contribution in [3.63, 3.8) is 0 Å². The Hall–Kier alpha value is -2.19. The maximum atomic E-state index is 12.0. The normalized spacial score (nSPS) is 22.1. The molecule has 0 aromatic carbocycles. The second-order valence-electron chi connectivity index (χ2n) is 5.69. The number of rotatable bonds is 4. The van der Waals surface area contributed by atoms with Gasteiger partial charge >= 0.3 is 0 Å². The lowest BCUT2D eigenvalue weighted by atomic mass is 10.2. The van der Waals surface area contributed by atoms with E-state index in [0.29, 0.717) is 25.3 Å². The molecule has 1 aliphatic rings. The zero-order chi connectivity index (χ0) is 15.7. The van der Waals surface area contributed by atoms with Gasteiger partial charge in [0.1, 0.15) is 5.69 Å². The fourth-order valence-electron chi connectivity index (χ4n) is 2.71. The number of aliphatic hydroxyl groups is 1. The van der Waals surface area contributed by atoms with Crippen LogP contribution in [0.2, 0.25) is 0 Å². The van der Waals surface area contributed by atoms with Crippen LogP contribution in [-0.4, -0.2) is 61.1 Å². The number of amides is 1. The zero-order valence-electron chi connectivity index (χ0n) is 12.7. The molecule has 22 heavy (non-hydrogen) atoms. The summed E-state index contributed by atoms with van der Waals surface area (Å²) in [5.41, 5.74) is 2.64. The molecule has 1 saturated heterocycles. The predicted octanol–water partition coefficient (Wildman–Crippen LogP) is -0.573. The summed E-state index contributed by atoms with van der Waals surface area (Å²) < 4.78 is 1.83. The van der Waals surface area contributed by atoms with Crippen LogP contribution in [0.15, 0.2) is 18.5 Å². The second-order valence-corrected chi connectivity index (χ2v) is 5.69. The Kier molecular flexibility index (Phi) is 3.95. The molecule has 0 spiro atoms. The van der Waals surface area contributed by atoms with E-state index in [2.05, 4.69) is 25.5 Å². The van der Waals surface area contributed by atoms with Crippen molar-refractivity contribution in [2.75, 3.05) is 13.1 Å². The van der Waals surface area contributed by atoms with E-state index in [4.69, 9.17) is 0 Å². The summed E-state index contributed by atoms with van der Waals surface area (Å²) in [5.74, 6) is -0.249. The summed E-state index contributed by atoms with van der Waals surface area (Å²) in [5, 5.41) is 23.6. The van der Waals surface area contributed by atoms with E-state index < -0.39 is 6.10 Å². The zero-order valence-corrected chi connectivity index (χ0v) is 12.7. The molecule has 3 N–H and O–H groups in total. The van der Waals surface area contributed by atoms with Gasteiger partial charge in [0, 0.05) is 44.1 Å². The first-order valence-corrected chi connectivity index (χ1v) is 7.22. The van der Waals surface area contributed by atoms with Crippen molar-refractivity contribution in [2.45, 2.75) is 25.6 Å². The molecule has 2 atom stereocenters. The fourth-order valence-corrected chi connectivity index (χ4v) is 2.71. The van der Waals surface area contributed by atoms with Crippen molar-refractivity contribution in [1.82, 2.24) is 30.2 Å². The molecule has 1 amide bonds. The summed E-state index contributed by atoms with van der Waals surface area (Å²) in [6.45, 7) is 3.87. The van der Waals surface area contributed by atoms with Crippen LogP contribution >= 0.6 is 0 Å². The molecular formula is C14H20N6O2. The van der Waals surface area contributed by atoms with E-state index >= 15 is 0 Å². The van der Waals surface area contributed by atoms with Gasteiger partial charge in [-0.15, -0.1) is 0 Å². The molecule has 0 bridgehead atoms. The quantitative estimate of drug-likeness (QED) is 0.702. The van der Waals surface area contributed by atoms with Gasteiger partial charge in [-0.25, -0.2) is 0 Å². The number of hydrogen-bond acceptors (Lipinski definition) is 5. The average molecular weight is 304 g/mol. The van der Waals surface area contributed by atoms with Gasteiger partial charge in [-0.2, -0.15) is 10.2 Å². The van der Waals surface area contributed by atoms with Crippen molar-refractivity contribution >= 4 is 5.91 Å². The predicted molar refractivity (Wildman–Crippen MR) is 79.1 cm³/mol. The van der Waals surface area contributed by atoms with Crippen molar-refractivity contribution in [1.29, 1.82) is 0 Å². The second kappa shape index (κ2) is 5.90. The molecule has 0 unspecified atom stereocenters. The monoisotopic (exact) mass is 304 g/mol. The number of nitrogens with zero attached hydrogens (tertiary/aromatic N) is 4. The molecular weight excluding hydrogens is 284 g/mol. The molecule has 3 heterocycles. The highest BCUT2D eigenvalue weighted by molar-refractivity contribution is 5.92. The van der Waals surface area contributed by atoms with Gasteiger partial charge in [-0.3, -0.25) is 19.5 Å². The highest BCUT2D eigenvalue weighted by atomic mass is 16.3. The van der Waals surface area contributed by atoms with Crippen molar-refractivity contribution in [2.24, 2.45) is 7.05 Å². The lowest BCUT2D eigenvalue weighted by molar-refractivity contribution is 0.0883. The number of aromatic amines is 1. The van der Waals surface area contributed by atoms with Crippen LogP contribution < -0.4 is 5.32 Å². The third-order valence-electron chi connectivity index (χ3n) is 4.16. The van der Waals surface area contributed by atoms with Gasteiger partial charge in [0.05, 0.1) is 18.3 Å². The highest BCUT2D eigenvalue weighted by Crippen LogP contribution is 2.16. The molecule has 8 nitrogen and oxygen atoms in total. The van der Waals surface area contributed by atoms with Gasteiger partial charge in [0.25, 0.3) is 5.91 Å². The number of β-amino-alcohol motifs (C(OH)–C–C–N with tert-alkyl or cyclic N) is 1. The van der Waals surface area contributed by atoms with Crippen molar-refractivity contribution in [3.8, 4) is 0 Å². The van der Waals surface area contributed by atoms with Crippen LogP contribution in [-0.2, 0) is 13.6 Å². The number of carbonyl (C=O) groups is 1. The number of H-pyrrole nitrogens is 1. The number of hydrogen-bond donors (Lipinski definition) is 3. The van der Waals surface area contributed by atoms with E-state index in [1.807, 2.05) is 24.9 Å². The topological polar surface area (TPSA) is 99.1 Å². The minimum atomic E-state index is -0.580. The maximum absolute atomic E-state index is 12.0. The van der Waals surface area contributed by atoms with E-state index in [-0.39, 0.29) is 11.9 Å². The number of aromatic nitrogens is 4. The molecule has 0 radical (unpaired) electrons. The Labute approximate surface area is 128 Å². The Morgan fingerprint density at radius 2 is 2.36 bits per heavy atom. The summed E-state index contributed by atoms with van der Waals surface area (Å²) in [6, 6.07) is 1.32. The molecule has 0 saturated carbocycles. The van der Waals surface area contributed by atoms with E-state index in [0.717, 1.165) is 11.3 Å². The van der Waals surface area contributed by atoms with E-state index in [9.17, 15) is 9.90 Å². The number of likely N-dealkylation sites (tertiary alicyclic amines) is 1. The molecule has 118 valence electrons. The summed E-state index contributed by atoms with van der Waals surface area (Å²) in [7, 11) is 1.91. The number of aryl methyl sites for hydroxylation is 1. The summed E-state index contributed by atoms with van der Waals surface area (Å²) in [6.07, 6.45) is 2.79. The smallest absolute Gasteiger partial charge is 0.269 e. The van der Waals surface area contributed by atoms with Gasteiger partial charge in [0.15, 0.2) is 0 Å². The van der Waals surface area contributed by atoms with Gasteiger partial charge in [-0.1, -0.05) is 0 Å². The average Bonchev–Trinajstić information content (AvgIpc) is 3.18. The number of nitrogens with one attached hydrogen (secondary N) is 2. The van der Waals surface area contributed by atoms with Gasteiger partial charge in [0.2, 0.25) is 0 Å². The summed E-state index contributed by atoms with van der Waals surface area (Å²) >= 11 is 0. The first-order valence-electron chi connectivity index (χ1n) is 7.22. The molecule has 2 aromatic rings. The van der Waals surface area contributed by atoms with Crippen LogP contribution in [0.4, 0.5) is 0 Å². The molecule has 0 aliphatic carbocycles. The lowest BCUT2D eigenvalue weighted by Crippen LogP contribution is -2.43. The summed E-state index contributed by atoms with van der Waals surface area (Å²) in [4.78, 5) is 14.1. The fraction of sp³-hybridized carbons (Fsp3) is 0.500. The number of carbonyl (C=O) groups excluding carboxylic acids is 1. The first-order chi connectivity index (χ1) is 10.5. The molecule has 1 fully saturated rings. The maximum Gasteiger partial charge on any atom is 0.269 e. The van der Waals surface area contributed by atoms with Crippen LogP contribution in [0.1, 0.15) is 21.7 Å². The molecule has 8 heteroatoms. The van der Waals surface area contributed by atoms with Gasteiger partial charge < -0.3 is 10.4 Å². The minimum absolute atomic E-state index is 0.249. The van der Waals surface area contributed by atoms with Crippen LogP contribution in [0, 0.1) is 6.92 Å². The molecule has 1 aliphatic heterocycles. The highest BCUT2D eigenvalue weighted by Gasteiger charge is 2.33. The largest absolute Gasteiger partial charge is 0.390 e. The molecule has 3 rings (SSSR count). The number of aliphatic hydroxyl groups excluding tert-OH is 1. The Bertz CT molecular complexity index is 650. The van der Waals surface area contributed by atoms with Crippen LogP contribution in [0.5, 0.6) is 0 Å².